The molecule has 0 aliphatic carbocycles. The highest BCUT2D eigenvalue weighted by atomic mass is 16.3. The van der Waals surface area contributed by atoms with Gasteiger partial charge in [0.2, 0.25) is 0 Å². The highest BCUT2D eigenvalue weighted by molar-refractivity contribution is 6.00. The number of hydrogen-bond acceptors (Lipinski definition) is 3. The molecular formula is C19H18N4O3. The van der Waals surface area contributed by atoms with Crippen molar-refractivity contribution >= 4 is 29.1 Å². The summed E-state index contributed by atoms with van der Waals surface area (Å²) >= 11 is 0. The minimum absolute atomic E-state index is 0.350. The minimum Gasteiger partial charge on any atom is -0.472 e. The maximum Gasteiger partial charge on any atom is 0.323 e. The smallest absolute Gasteiger partial charge is 0.323 e. The normalized spacial score (nSPS) is 10.0. The van der Waals surface area contributed by atoms with E-state index in [1.54, 1.807) is 55.0 Å². The van der Waals surface area contributed by atoms with E-state index in [1.165, 1.54) is 0 Å². The largest absolute Gasteiger partial charge is 0.472 e. The standard InChI is InChI=1S/C19H18N4O3/c24-18(20-12-14-9-10-26-13-14)22-16-7-4-8-17(11-16)23-19(25)21-15-5-2-1-3-6-15/h1-11,13H,12H2,(H2,20,22,24)(H2,21,23,25). The Balaban J connectivity index is 1.52. The van der Waals surface area contributed by atoms with E-state index < -0.39 is 0 Å². The van der Waals surface area contributed by atoms with Gasteiger partial charge in [-0.25, -0.2) is 9.59 Å². The summed E-state index contributed by atoms with van der Waals surface area (Å²) in [7, 11) is 0. The van der Waals surface area contributed by atoms with Crippen LogP contribution in [0.25, 0.3) is 0 Å². The van der Waals surface area contributed by atoms with Crippen molar-refractivity contribution in [2.45, 2.75) is 6.54 Å². The predicted octanol–water partition coefficient (Wildman–Crippen LogP) is 4.25. The van der Waals surface area contributed by atoms with Crippen LogP contribution in [-0.2, 0) is 6.54 Å². The third-order valence-electron chi connectivity index (χ3n) is 3.44. The maximum absolute atomic E-state index is 12.0. The monoisotopic (exact) mass is 350 g/mol. The fourth-order valence-corrected chi connectivity index (χ4v) is 2.24. The number of benzene rings is 2. The van der Waals surface area contributed by atoms with Crippen LogP contribution in [-0.4, -0.2) is 12.1 Å². The van der Waals surface area contributed by atoms with Gasteiger partial charge in [0.25, 0.3) is 0 Å². The fourth-order valence-electron chi connectivity index (χ4n) is 2.24. The lowest BCUT2D eigenvalue weighted by molar-refractivity contribution is 0.251. The number of hydrogen-bond donors (Lipinski definition) is 4. The van der Waals surface area contributed by atoms with Gasteiger partial charge in [-0.3, -0.25) is 0 Å². The van der Waals surface area contributed by atoms with Crippen molar-refractivity contribution in [2.24, 2.45) is 0 Å². The summed E-state index contributed by atoms with van der Waals surface area (Å²) in [6.45, 7) is 0.361. The van der Waals surface area contributed by atoms with Crippen LogP contribution < -0.4 is 21.3 Å². The van der Waals surface area contributed by atoms with E-state index in [0.717, 1.165) is 5.56 Å². The minimum atomic E-state index is -0.363. The summed E-state index contributed by atoms with van der Waals surface area (Å²) in [6.07, 6.45) is 3.11. The molecule has 26 heavy (non-hydrogen) atoms. The van der Waals surface area contributed by atoms with Crippen LogP contribution in [0.3, 0.4) is 0 Å². The molecule has 132 valence electrons. The molecule has 3 rings (SSSR count). The van der Waals surface area contributed by atoms with Crippen LogP contribution in [0, 0.1) is 0 Å². The molecule has 0 aliphatic heterocycles. The number of carbonyl (C=O) groups excluding carboxylic acids is 2. The number of urea groups is 2. The zero-order chi connectivity index (χ0) is 18.2. The second kappa shape index (κ2) is 8.39. The Morgan fingerprint density at radius 2 is 1.42 bits per heavy atom. The SMILES string of the molecule is O=C(NCc1ccoc1)Nc1cccc(NC(=O)Nc2ccccc2)c1. The van der Waals surface area contributed by atoms with E-state index in [2.05, 4.69) is 21.3 Å². The molecule has 7 nitrogen and oxygen atoms in total. The average Bonchev–Trinajstić information content (AvgIpc) is 3.14. The molecule has 7 heteroatoms. The van der Waals surface area contributed by atoms with Crippen molar-refractivity contribution in [3.63, 3.8) is 0 Å². The highest BCUT2D eigenvalue weighted by Crippen LogP contribution is 2.16. The molecule has 2 aromatic carbocycles. The quantitative estimate of drug-likeness (QED) is 0.554. The number of anilines is 3. The van der Waals surface area contributed by atoms with E-state index in [-0.39, 0.29) is 12.1 Å². The first-order chi connectivity index (χ1) is 12.7. The lowest BCUT2D eigenvalue weighted by Crippen LogP contribution is -2.28. The van der Waals surface area contributed by atoms with Gasteiger partial charge in [0.15, 0.2) is 0 Å². The summed E-state index contributed by atoms with van der Waals surface area (Å²) in [6, 6.07) is 17.1. The van der Waals surface area contributed by atoms with Gasteiger partial charge in [0, 0.05) is 29.2 Å². The number of furan rings is 1. The van der Waals surface area contributed by atoms with E-state index in [1.807, 2.05) is 18.2 Å². The Kier molecular flexibility index (Phi) is 5.51. The van der Waals surface area contributed by atoms with Crippen molar-refractivity contribution in [1.82, 2.24) is 5.32 Å². The van der Waals surface area contributed by atoms with Crippen molar-refractivity contribution in [2.75, 3.05) is 16.0 Å². The molecule has 0 saturated heterocycles. The molecule has 0 bridgehead atoms. The number of para-hydroxylation sites is 1. The van der Waals surface area contributed by atoms with Gasteiger partial charge in [-0.1, -0.05) is 24.3 Å². The lowest BCUT2D eigenvalue weighted by atomic mass is 10.2. The second-order valence-corrected chi connectivity index (χ2v) is 5.47. The summed E-state index contributed by atoms with van der Waals surface area (Å²) in [5.41, 5.74) is 2.68. The zero-order valence-corrected chi connectivity index (χ0v) is 13.9. The molecule has 1 heterocycles. The second-order valence-electron chi connectivity index (χ2n) is 5.47. The molecule has 0 fully saturated rings. The number of rotatable bonds is 5. The zero-order valence-electron chi connectivity index (χ0n) is 13.9. The van der Waals surface area contributed by atoms with Gasteiger partial charge in [0.1, 0.15) is 0 Å². The van der Waals surface area contributed by atoms with E-state index in [4.69, 9.17) is 4.42 Å². The van der Waals surface area contributed by atoms with Crippen molar-refractivity contribution in [3.8, 4) is 0 Å². The van der Waals surface area contributed by atoms with E-state index in [9.17, 15) is 9.59 Å². The predicted molar refractivity (Wildman–Crippen MR) is 100 cm³/mol. The summed E-state index contributed by atoms with van der Waals surface area (Å²) in [5.74, 6) is 0. The Hall–Kier alpha value is -3.74. The van der Waals surface area contributed by atoms with Crippen LogP contribution in [0.4, 0.5) is 26.7 Å². The molecule has 4 amide bonds. The van der Waals surface area contributed by atoms with Crippen molar-refractivity contribution < 1.29 is 14.0 Å². The molecule has 0 saturated carbocycles. The Morgan fingerprint density at radius 3 is 2.12 bits per heavy atom. The average molecular weight is 350 g/mol. The Morgan fingerprint density at radius 1 is 0.769 bits per heavy atom. The van der Waals surface area contributed by atoms with Crippen LogP contribution in [0.5, 0.6) is 0 Å². The van der Waals surface area contributed by atoms with Crippen LogP contribution in [0.15, 0.2) is 77.6 Å². The molecule has 4 N–H and O–H groups in total. The summed E-state index contributed by atoms with van der Waals surface area (Å²) in [5, 5.41) is 10.9. The van der Waals surface area contributed by atoms with Crippen LogP contribution in [0.1, 0.15) is 5.56 Å². The molecule has 0 radical (unpaired) electrons. The first-order valence-electron chi connectivity index (χ1n) is 7.98. The van der Waals surface area contributed by atoms with E-state index >= 15 is 0 Å². The van der Waals surface area contributed by atoms with Crippen LogP contribution in [0.2, 0.25) is 0 Å². The topological polar surface area (TPSA) is 95.4 Å². The van der Waals surface area contributed by atoms with Gasteiger partial charge in [-0.05, 0) is 36.4 Å². The van der Waals surface area contributed by atoms with Gasteiger partial charge >= 0.3 is 12.1 Å². The number of amides is 4. The maximum atomic E-state index is 12.0. The summed E-state index contributed by atoms with van der Waals surface area (Å²) in [4.78, 5) is 23.9. The molecule has 0 unspecified atom stereocenters. The molecule has 0 aliphatic rings. The van der Waals surface area contributed by atoms with Crippen molar-refractivity contribution in [1.29, 1.82) is 0 Å². The molecule has 0 spiro atoms. The molecule has 3 aromatic rings. The first kappa shape index (κ1) is 17.1. The summed E-state index contributed by atoms with van der Waals surface area (Å²) < 4.78 is 4.94. The molecule has 0 atom stereocenters. The van der Waals surface area contributed by atoms with Crippen molar-refractivity contribution in [3.05, 3.63) is 78.8 Å². The van der Waals surface area contributed by atoms with Gasteiger partial charge in [0.05, 0.1) is 12.5 Å². The highest BCUT2D eigenvalue weighted by Gasteiger charge is 2.05. The van der Waals surface area contributed by atoms with Gasteiger partial charge in [-0.2, -0.15) is 0 Å². The first-order valence-corrected chi connectivity index (χ1v) is 7.98. The van der Waals surface area contributed by atoms with Gasteiger partial charge < -0.3 is 25.7 Å². The third-order valence-corrected chi connectivity index (χ3v) is 3.44. The number of nitrogens with one attached hydrogen (secondary N) is 4. The van der Waals surface area contributed by atoms with Crippen LogP contribution >= 0.6 is 0 Å². The molecule has 1 aromatic heterocycles. The fraction of sp³-hybridized carbons (Fsp3) is 0.0526. The third kappa shape index (κ3) is 5.13. The lowest BCUT2D eigenvalue weighted by Gasteiger charge is -2.10. The Bertz CT molecular complexity index is 864. The number of carbonyl (C=O) groups is 2. The van der Waals surface area contributed by atoms with E-state index in [0.29, 0.717) is 23.6 Å². The van der Waals surface area contributed by atoms with Gasteiger partial charge in [-0.15, -0.1) is 0 Å². The Labute approximate surface area is 150 Å². The molecular weight excluding hydrogens is 332 g/mol.